The molecule has 0 spiro atoms. The smallest absolute Gasteiger partial charge is 0.253 e. The molecule has 0 atom stereocenters. The van der Waals surface area contributed by atoms with Crippen LogP contribution in [0.1, 0.15) is 28.8 Å². The van der Waals surface area contributed by atoms with Gasteiger partial charge in [-0.05, 0) is 74.9 Å². The molecule has 1 fully saturated rings. The van der Waals surface area contributed by atoms with Crippen molar-refractivity contribution in [3.8, 4) is 5.69 Å². The van der Waals surface area contributed by atoms with Crippen molar-refractivity contribution in [2.24, 2.45) is 0 Å². The molecule has 9 nitrogen and oxygen atoms in total. The largest absolute Gasteiger partial charge is 0.348 e. The molecule has 0 saturated carbocycles. The van der Waals surface area contributed by atoms with Gasteiger partial charge in [0.25, 0.3) is 5.91 Å². The number of aromatic nitrogens is 3. The standard InChI is InChI=1S/C27H29FN6O3S/c1-32-13-11-21(12-14-32)33(2)38(36,37)23-9-3-19(4-10-23)15-30-27(35)25-16-29-18-26-24(25)17-31-34(26)22-7-5-20(28)6-8-22/h3-10,16-18,21H,11-15H2,1-2H3,(H,30,35). The zero-order chi connectivity index (χ0) is 26.9. The summed E-state index contributed by atoms with van der Waals surface area (Å²) in [6.07, 6.45) is 6.27. The van der Waals surface area contributed by atoms with E-state index in [0.717, 1.165) is 31.5 Å². The number of hydrogen-bond acceptors (Lipinski definition) is 6. The third kappa shape index (κ3) is 5.17. The van der Waals surface area contributed by atoms with Crippen LogP contribution in [0.4, 0.5) is 4.39 Å². The third-order valence-electron chi connectivity index (χ3n) is 7.07. The molecule has 1 N–H and O–H groups in total. The van der Waals surface area contributed by atoms with Gasteiger partial charge in [-0.25, -0.2) is 17.5 Å². The van der Waals surface area contributed by atoms with Crippen molar-refractivity contribution in [1.82, 2.24) is 29.3 Å². The van der Waals surface area contributed by atoms with E-state index in [1.54, 1.807) is 60.5 Å². The lowest BCUT2D eigenvalue weighted by Gasteiger charge is -2.34. The van der Waals surface area contributed by atoms with Crippen LogP contribution in [0.2, 0.25) is 0 Å². The van der Waals surface area contributed by atoms with Gasteiger partial charge in [0.05, 0.1) is 34.1 Å². The molecule has 0 bridgehead atoms. The van der Waals surface area contributed by atoms with E-state index in [0.29, 0.717) is 22.2 Å². The monoisotopic (exact) mass is 536 g/mol. The van der Waals surface area contributed by atoms with Crippen LogP contribution >= 0.6 is 0 Å². The molecular formula is C27H29FN6O3S. The highest BCUT2D eigenvalue weighted by molar-refractivity contribution is 7.89. The molecule has 198 valence electrons. The zero-order valence-corrected chi connectivity index (χ0v) is 22.0. The lowest BCUT2D eigenvalue weighted by atomic mass is 10.1. The van der Waals surface area contributed by atoms with Gasteiger partial charge in [0.15, 0.2) is 0 Å². The predicted octanol–water partition coefficient (Wildman–Crippen LogP) is 3.20. The number of fused-ring (bicyclic) bond motifs is 1. The van der Waals surface area contributed by atoms with Crippen molar-refractivity contribution in [2.45, 2.75) is 30.3 Å². The van der Waals surface area contributed by atoms with E-state index in [2.05, 4.69) is 20.3 Å². The van der Waals surface area contributed by atoms with Crippen molar-refractivity contribution in [2.75, 3.05) is 27.2 Å². The van der Waals surface area contributed by atoms with Gasteiger partial charge < -0.3 is 10.2 Å². The van der Waals surface area contributed by atoms with Gasteiger partial charge >= 0.3 is 0 Å². The minimum atomic E-state index is -3.61. The molecule has 2 aromatic carbocycles. The number of pyridine rings is 1. The summed E-state index contributed by atoms with van der Waals surface area (Å²) in [5.74, 6) is -0.682. The first-order valence-corrected chi connectivity index (χ1v) is 13.8. The lowest BCUT2D eigenvalue weighted by Crippen LogP contribution is -2.44. The minimum Gasteiger partial charge on any atom is -0.348 e. The fourth-order valence-corrected chi connectivity index (χ4v) is 6.10. The van der Waals surface area contributed by atoms with Gasteiger partial charge in [-0.3, -0.25) is 9.78 Å². The molecule has 0 aliphatic carbocycles. The highest BCUT2D eigenvalue weighted by Crippen LogP contribution is 2.23. The third-order valence-corrected chi connectivity index (χ3v) is 8.99. The Morgan fingerprint density at radius 1 is 1.05 bits per heavy atom. The Hall–Kier alpha value is -3.67. The minimum absolute atomic E-state index is 0.0149. The Labute approximate surface area is 220 Å². The first-order valence-electron chi connectivity index (χ1n) is 12.4. The Morgan fingerprint density at radius 3 is 2.42 bits per heavy atom. The summed E-state index contributed by atoms with van der Waals surface area (Å²) in [4.78, 5) is 19.6. The molecule has 5 rings (SSSR count). The van der Waals surface area contributed by atoms with Crippen molar-refractivity contribution in [1.29, 1.82) is 0 Å². The van der Waals surface area contributed by atoms with Crippen LogP contribution in [0.5, 0.6) is 0 Å². The highest BCUT2D eigenvalue weighted by atomic mass is 32.2. The average molecular weight is 537 g/mol. The molecule has 0 radical (unpaired) electrons. The maximum absolute atomic E-state index is 13.3. The number of halogens is 1. The van der Waals surface area contributed by atoms with E-state index < -0.39 is 10.0 Å². The molecule has 1 amide bonds. The molecule has 38 heavy (non-hydrogen) atoms. The Balaban J connectivity index is 1.26. The number of hydrogen-bond donors (Lipinski definition) is 1. The molecule has 1 aliphatic heterocycles. The number of sulfonamides is 1. The van der Waals surface area contributed by atoms with Gasteiger partial charge in [0.1, 0.15) is 5.82 Å². The summed E-state index contributed by atoms with van der Waals surface area (Å²) < 4.78 is 42.7. The lowest BCUT2D eigenvalue weighted by molar-refractivity contribution is 0.0952. The molecular weight excluding hydrogens is 507 g/mol. The van der Waals surface area contributed by atoms with Crippen LogP contribution in [-0.4, -0.2) is 71.5 Å². The van der Waals surface area contributed by atoms with E-state index in [1.807, 2.05) is 7.05 Å². The van der Waals surface area contributed by atoms with E-state index in [4.69, 9.17) is 0 Å². The fourth-order valence-electron chi connectivity index (χ4n) is 4.69. The summed E-state index contributed by atoms with van der Waals surface area (Å²) in [6, 6.07) is 12.5. The Kier molecular flexibility index (Phi) is 7.24. The normalized spacial score (nSPS) is 15.3. The average Bonchev–Trinajstić information content (AvgIpc) is 3.37. The number of amides is 1. The Bertz CT molecular complexity index is 1550. The first-order chi connectivity index (χ1) is 18.2. The number of nitrogens with zero attached hydrogens (tertiary/aromatic N) is 5. The van der Waals surface area contributed by atoms with E-state index in [1.165, 1.54) is 22.6 Å². The number of benzene rings is 2. The number of carbonyl (C=O) groups excluding carboxylic acids is 1. The summed E-state index contributed by atoms with van der Waals surface area (Å²) in [7, 11) is 0.0816. The van der Waals surface area contributed by atoms with Crippen LogP contribution in [0.3, 0.4) is 0 Å². The summed E-state index contributed by atoms with van der Waals surface area (Å²) in [6.45, 7) is 1.96. The van der Waals surface area contributed by atoms with E-state index >= 15 is 0 Å². The van der Waals surface area contributed by atoms with Crippen LogP contribution < -0.4 is 5.32 Å². The molecule has 0 unspecified atom stereocenters. The van der Waals surface area contributed by atoms with E-state index in [9.17, 15) is 17.6 Å². The summed E-state index contributed by atoms with van der Waals surface area (Å²) in [5, 5.41) is 7.83. The summed E-state index contributed by atoms with van der Waals surface area (Å²) in [5.41, 5.74) is 2.39. The molecule has 2 aromatic heterocycles. The molecule has 3 heterocycles. The zero-order valence-electron chi connectivity index (χ0n) is 21.2. The van der Waals surface area contributed by atoms with Crippen molar-refractivity contribution >= 4 is 26.8 Å². The van der Waals surface area contributed by atoms with Gasteiger partial charge in [-0.1, -0.05) is 12.1 Å². The van der Waals surface area contributed by atoms with Gasteiger partial charge in [0.2, 0.25) is 10.0 Å². The number of rotatable bonds is 7. The fraction of sp³-hybridized carbons (Fsp3) is 0.296. The van der Waals surface area contributed by atoms with E-state index in [-0.39, 0.29) is 29.2 Å². The second-order valence-corrected chi connectivity index (χ2v) is 11.5. The van der Waals surface area contributed by atoms with Gasteiger partial charge in [-0.2, -0.15) is 9.40 Å². The van der Waals surface area contributed by atoms with Crippen molar-refractivity contribution in [3.63, 3.8) is 0 Å². The van der Waals surface area contributed by atoms with Crippen molar-refractivity contribution in [3.05, 3.63) is 84.1 Å². The van der Waals surface area contributed by atoms with Crippen LogP contribution in [0.25, 0.3) is 16.6 Å². The quantitative estimate of drug-likeness (QED) is 0.389. The van der Waals surface area contributed by atoms with Crippen LogP contribution in [0, 0.1) is 5.82 Å². The van der Waals surface area contributed by atoms with Crippen LogP contribution in [-0.2, 0) is 16.6 Å². The van der Waals surface area contributed by atoms with Crippen molar-refractivity contribution < 1.29 is 17.6 Å². The van der Waals surface area contributed by atoms with Gasteiger partial charge in [0, 0.05) is 31.2 Å². The number of piperidine rings is 1. The van der Waals surface area contributed by atoms with Gasteiger partial charge in [-0.15, -0.1) is 0 Å². The number of nitrogens with one attached hydrogen (secondary N) is 1. The molecule has 4 aromatic rings. The SMILES string of the molecule is CN1CCC(N(C)S(=O)(=O)c2ccc(CNC(=O)c3cncc4c3cnn4-c3ccc(F)cc3)cc2)CC1. The second kappa shape index (κ2) is 10.6. The molecule has 11 heteroatoms. The molecule has 1 saturated heterocycles. The molecule has 1 aliphatic rings. The topological polar surface area (TPSA) is 100 Å². The maximum Gasteiger partial charge on any atom is 0.253 e. The maximum atomic E-state index is 13.3. The second-order valence-electron chi connectivity index (χ2n) is 9.53. The van der Waals surface area contributed by atoms with Crippen LogP contribution in [0.15, 0.2) is 72.0 Å². The summed E-state index contributed by atoms with van der Waals surface area (Å²) >= 11 is 0. The predicted molar refractivity (Wildman–Crippen MR) is 142 cm³/mol. The highest BCUT2D eigenvalue weighted by Gasteiger charge is 2.30. The number of carbonyl (C=O) groups is 1. The number of likely N-dealkylation sites (tertiary alicyclic amines) is 1. The Morgan fingerprint density at radius 2 is 1.74 bits per heavy atom. The first kappa shape index (κ1) is 26.0.